The summed E-state index contributed by atoms with van der Waals surface area (Å²) >= 11 is 6.01. The standard InChI is InChI=1S/C16H16ClFN2O3S/c1-10(11-3-5-12(18)6-4-11)20-16(21)14-9-13(7-8-15(14)17)24(22,23)19-2/h3-10,19H,1-2H3,(H,20,21). The van der Waals surface area contributed by atoms with Crippen molar-refractivity contribution in [2.24, 2.45) is 0 Å². The van der Waals surface area contributed by atoms with E-state index in [-0.39, 0.29) is 21.3 Å². The fraction of sp³-hybridized carbons (Fsp3) is 0.188. The van der Waals surface area contributed by atoms with Crippen LogP contribution in [0.25, 0.3) is 0 Å². The highest BCUT2D eigenvalue weighted by atomic mass is 35.5. The number of amides is 1. The van der Waals surface area contributed by atoms with Crippen LogP contribution in [0.2, 0.25) is 5.02 Å². The van der Waals surface area contributed by atoms with Crippen LogP contribution in [0.1, 0.15) is 28.9 Å². The minimum Gasteiger partial charge on any atom is -0.345 e. The zero-order valence-corrected chi connectivity index (χ0v) is 14.6. The fourth-order valence-corrected chi connectivity index (χ4v) is 3.03. The molecular formula is C16H16ClFN2O3S. The molecule has 0 radical (unpaired) electrons. The van der Waals surface area contributed by atoms with Crippen molar-refractivity contribution in [3.8, 4) is 0 Å². The first-order valence-electron chi connectivity index (χ1n) is 7.04. The van der Waals surface area contributed by atoms with Crippen LogP contribution in [0.4, 0.5) is 4.39 Å². The van der Waals surface area contributed by atoms with E-state index in [4.69, 9.17) is 11.6 Å². The van der Waals surface area contributed by atoms with E-state index in [1.807, 2.05) is 0 Å². The first kappa shape index (κ1) is 18.4. The fourth-order valence-electron chi connectivity index (χ4n) is 2.07. The minimum absolute atomic E-state index is 0.0435. The summed E-state index contributed by atoms with van der Waals surface area (Å²) in [5.41, 5.74) is 0.752. The number of benzene rings is 2. The summed E-state index contributed by atoms with van der Waals surface area (Å²) < 4.78 is 38.8. The number of hydrogen-bond donors (Lipinski definition) is 2. The Kier molecular flexibility index (Phi) is 5.58. The molecule has 8 heteroatoms. The molecule has 2 aromatic rings. The lowest BCUT2D eigenvalue weighted by Gasteiger charge is -2.15. The van der Waals surface area contributed by atoms with Gasteiger partial charge in [-0.05, 0) is 49.9 Å². The van der Waals surface area contributed by atoms with Gasteiger partial charge in [0.2, 0.25) is 10.0 Å². The predicted molar refractivity (Wildman–Crippen MR) is 90.0 cm³/mol. The molecule has 0 saturated heterocycles. The molecule has 2 rings (SSSR count). The van der Waals surface area contributed by atoms with Gasteiger partial charge in [-0.2, -0.15) is 0 Å². The molecule has 0 aliphatic carbocycles. The van der Waals surface area contributed by atoms with Gasteiger partial charge in [0.05, 0.1) is 21.5 Å². The second kappa shape index (κ2) is 7.29. The Bertz CT molecular complexity index is 854. The van der Waals surface area contributed by atoms with Crippen LogP contribution in [-0.2, 0) is 10.0 Å². The Hall–Kier alpha value is -1.96. The van der Waals surface area contributed by atoms with Gasteiger partial charge in [-0.25, -0.2) is 17.5 Å². The van der Waals surface area contributed by atoms with Crippen LogP contribution in [0.15, 0.2) is 47.4 Å². The van der Waals surface area contributed by atoms with E-state index in [1.54, 1.807) is 19.1 Å². The lowest BCUT2D eigenvalue weighted by atomic mass is 10.1. The third-order valence-electron chi connectivity index (χ3n) is 3.48. The van der Waals surface area contributed by atoms with E-state index in [2.05, 4.69) is 10.0 Å². The first-order valence-corrected chi connectivity index (χ1v) is 8.90. The van der Waals surface area contributed by atoms with Crippen LogP contribution in [-0.4, -0.2) is 21.4 Å². The molecule has 0 fully saturated rings. The Morgan fingerprint density at radius 3 is 2.38 bits per heavy atom. The number of halogens is 2. The molecule has 2 aromatic carbocycles. The Balaban J connectivity index is 2.26. The van der Waals surface area contributed by atoms with Crippen molar-refractivity contribution in [3.63, 3.8) is 0 Å². The highest BCUT2D eigenvalue weighted by Crippen LogP contribution is 2.22. The van der Waals surface area contributed by atoms with Crippen LogP contribution in [0, 0.1) is 5.82 Å². The smallest absolute Gasteiger partial charge is 0.253 e. The molecule has 1 unspecified atom stereocenters. The van der Waals surface area contributed by atoms with Crippen LogP contribution >= 0.6 is 11.6 Å². The van der Waals surface area contributed by atoms with Crippen molar-refractivity contribution >= 4 is 27.5 Å². The zero-order chi connectivity index (χ0) is 17.9. The molecule has 0 heterocycles. The quantitative estimate of drug-likeness (QED) is 0.849. The molecule has 1 atom stereocenters. The maximum atomic E-state index is 13.0. The van der Waals surface area contributed by atoms with Crippen LogP contribution < -0.4 is 10.0 Å². The van der Waals surface area contributed by atoms with Gasteiger partial charge in [-0.15, -0.1) is 0 Å². The molecule has 128 valence electrons. The molecule has 24 heavy (non-hydrogen) atoms. The maximum absolute atomic E-state index is 13.0. The SMILES string of the molecule is CNS(=O)(=O)c1ccc(Cl)c(C(=O)NC(C)c2ccc(F)cc2)c1. The third kappa shape index (κ3) is 4.11. The second-order valence-electron chi connectivity index (χ2n) is 5.10. The third-order valence-corrected chi connectivity index (χ3v) is 5.22. The largest absolute Gasteiger partial charge is 0.345 e. The number of sulfonamides is 1. The van der Waals surface area contributed by atoms with E-state index in [9.17, 15) is 17.6 Å². The average molecular weight is 371 g/mol. The molecule has 1 amide bonds. The van der Waals surface area contributed by atoms with E-state index < -0.39 is 22.0 Å². The summed E-state index contributed by atoms with van der Waals surface area (Å²) in [7, 11) is -2.41. The summed E-state index contributed by atoms with van der Waals surface area (Å²) in [5, 5.41) is 2.84. The summed E-state index contributed by atoms with van der Waals surface area (Å²) in [6.45, 7) is 1.73. The summed E-state index contributed by atoms with van der Waals surface area (Å²) in [5.74, 6) is -0.893. The van der Waals surface area contributed by atoms with Gasteiger partial charge < -0.3 is 5.32 Å². The van der Waals surface area contributed by atoms with Crippen molar-refractivity contribution in [1.29, 1.82) is 0 Å². The van der Waals surface area contributed by atoms with Crippen molar-refractivity contribution in [2.45, 2.75) is 17.9 Å². The molecular weight excluding hydrogens is 355 g/mol. The van der Waals surface area contributed by atoms with Gasteiger partial charge in [0, 0.05) is 0 Å². The summed E-state index contributed by atoms with van der Waals surface area (Å²) in [6, 6.07) is 9.18. The monoisotopic (exact) mass is 370 g/mol. The van der Waals surface area contributed by atoms with Gasteiger partial charge in [-0.1, -0.05) is 23.7 Å². The van der Waals surface area contributed by atoms with E-state index in [0.717, 1.165) is 0 Å². The lowest BCUT2D eigenvalue weighted by molar-refractivity contribution is 0.0940. The summed E-state index contributed by atoms with van der Waals surface area (Å²) in [4.78, 5) is 12.3. The number of carbonyl (C=O) groups is 1. The number of carbonyl (C=O) groups excluding carboxylic acids is 1. The van der Waals surface area contributed by atoms with Crippen LogP contribution in [0.5, 0.6) is 0 Å². The van der Waals surface area contributed by atoms with Crippen molar-refractivity contribution in [3.05, 3.63) is 64.4 Å². The van der Waals surface area contributed by atoms with Crippen LogP contribution in [0.3, 0.4) is 0 Å². The van der Waals surface area contributed by atoms with Gasteiger partial charge in [0.1, 0.15) is 5.82 Å². The molecule has 0 aliphatic heterocycles. The second-order valence-corrected chi connectivity index (χ2v) is 7.39. The maximum Gasteiger partial charge on any atom is 0.253 e. The molecule has 0 spiro atoms. The zero-order valence-electron chi connectivity index (χ0n) is 13.0. The number of nitrogens with one attached hydrogen (secondary N) is 2. The van der Waals surface area contributed by atoms with Gasteiger partial charge in [-0.3, -0.25) is 4.79 Å². The molecule has 0 saturated carbocycles. The van der Waals surface area contributed by atoms with Crippen molar-refractivity contribution < 1.29 is 17.6 Å². The number of rotatable bonds is 5. The Labute approximate surface area is 144 Å². The highest BCUT2D eigenvalue weighted by Gasteiger charge is 2.19. The normalized spacial score (nSPS) is 12.7. The molecule has 0 aromatic heterocycles. The van der Waals surface area contributed by atoms with E-state index in [0.29, 0.717) is 5.56 Å². The van der Waals surface area contributed by atoms with Crippen molar-refractivity contribution in [2.75, 3.05) is 7.05 Å². The van der Waals surface area contributed by atoms with Gasteiger partial charge in [0.15, 0.2) is 0 Å². The Morgan fingerprint density at radius 2 is 1.79 bits per heavy atom. The highest BCUT2D eigenvalue weighted by molar-refractivity contribution is 7.89. The Morgan fingerprint density at radius 1 is 1.17 bits per heavy atom. The van der Waals surface area contributed by atoms with Gasteiger partial charge in [0.25, 0.3) is 5.91 Å². The molecule has 2 N–H and O–H groups in total. The predicted octanol–water partition coefficient (Wildman–Crippen LogP) is 2.88. The molecule has 0 aliphatic rings. The lowest BCUT2D eigenvalue weighted by Crippen LogP contribution is -2.27. The number of hydrogen-bond acceptors (Lipinski definition) is 3. The van der Waals surface area contributed by atoms with Crippen molar-refractivity contribution in [1.82, 2.24) is 10.0 Å². The van der Waals surface area contributed by atoms with E-state index in [1.165, 1.54) is 37.4 Å². The molecule has 5 nitrogen and oxygen atoms in total. The van der Waals surface area contributed by atoms with Gasteiger partial charge >= 0.3 is 0 Å². The molecule has 0 bridgehead atoms. The summed E-state index contributed by atoms with van der Waals surface area (Å²) in [6.07, 6.45) is 0. The minimum atomic E-state index is -3.69. The first-order chi connectivity index (χ1) is 11.2. The topological polar surface area (TPSA) is 75.3 Å². The van der Waals surface area contributed by atoms with E-state index >= 15 is 0 Å². The average Bonchev–Trinajstić information content (AvgIpc) is 2.55.